The van der Waals surface area contributed by atoms with Gasteiger partial charge in [-0.25, -0.2) is 9.18 Å². The molecule has 0 amide bonds. The Morgan fingerprint density at radius 1 is 1.25 bits per heavy atom. The first kappa shape index (κ1) is 12.6. The van der Waals surface area contributed by atoms with Crippen molar-refractivity contribution in [1.82, 2.24) is 4.57 Å². The molecule has 3 rings (SSSR count). The molecule has 0 spiro atoms. The number of aromatic carboxylic acids is 1. The highest BCUT2D eigenvalue weighted by atomic mass is 19.1. The van der Waals surface area contributed by atoms with Crippen molar-refractivity contribution >= 4 is 5.97 Å². The van der Waals surface area contributed by atoms with E-state index < -0.39 is 11.4 Å². The summed E-state index contributed by atoms with van der Waals surface area (Å²) in [6.07, 6.45) is 3.00. The van der Waals surface area contributed by atoms with Crippen LogP contribution >= 0.6 is 0 Å². The van der Waals surface area contributed by atoms with Crippen molar-refractivity contribution in [1.29, 1.82) is 0 Å². The molecular weight excluding hydrogens is 261 g/mol. The summed E-state index contributed by atoms with van der Waals surface area (Å²) >= 11 is 0. The number of rotatable bonds is 2. The second-order valence-corrected chi connectivity index (χ2v) is 4.80. The monoisotopic (exact) mass is 273 g/mol. The van der Waals surface area contributed by atoms with Crippen LogP contribution in [0.4, 0.5) is 4.39 Å². The van der Waals surface area contributed by atoms with Gasteiger partial charge < -0.3 is 9.67 Å². The third kappa shape index (κ3) is 1.91. The third-order valence-corrected chi connectivity index (χ3v) is 3.57. The van der Waals surface area contributed by atoms with Crippen molar-refractivity contribution < 1.29 is 14.3 Å². The summed E-state index contributed by atoms with van der Waals surface area (Å²) in [6, 6.07) is 5.57. The molecule has 2 heterocycles. The van der Waals surface area contributed by atoms with E-state index in [1.807, 2.05) is 4.57 Å². The Balaban J connectivity index is 2.31. The molecule has 2 aromatic rings. The van der Waals surface area contributed by atoms with Gasteiger partial charge in [-0.2, -0.15) is 0 Å². The van der Waals surface area contributed by atoms with Gasteiger partial charge in [-0.15, -0.1) is 0 Å². The van der Waals surface area contributed by atoms with E-state index in [-0.39, 0.29) is 11.4 Å². The highest BCUT2D eigenvalue weighted by Crippen LogP contribution is 2.26. The van der Waals surface area contributed by atoms with Crippen molar-refractivity contribution in [2.75, 3.05) is 0 Å². The molecule has 1 N–H and O–H groups in total. The average molecular weight is 273 g/mol. The van der Waals surface area contributed by atoms with Crippen LogP contribution in [0.15, 0.2) is 35.3 Å². The maximum absolute atomic E-state index is 13.0. The minimum Gasteiger partial charge on any atom is -0.477 e. The van der Waals surface area contributed by atoms with Gasteiger partial charge >= 0.3 is 5.97 Å². The normalized spacial score (nSPS) is 13.2. The Labute approximate surface area is 114 Å². The molecule has 0 unspecified atom stereocenters. The number of carbonyl (C=O) groups is 1. The van der Waals surface area contributed by atoms with E-state index in [0.717, 1.165) is 18.5 Å². The van der Waals surface area contributed by atoms with Gasteiger partial charge in [0.15, 0.2) is 0 Å². The molecular formula is C15H12FNO3. The number of aromatic nitrogens is 1. The zero-order valence-corrected chi connectivity index (χ0v) is 10.6. The fourth-order valence-corrected chi connectivity index (χ4v) is 2.65. The molecule has 0 fully saturated rings. The SMILES string of the molecule is O=C(O)c1cn2c(c(-c3ccc(F)cc3)c1=O)CCC2. The number of pyridine rings is 1. The Hall–Kier alpha value is -2.43. The van der Waals surface area contributed by atoms with E-state index in [4.69, 9.17) is 5.11 Å². The fourth-order valence-electron chi connectivity index (χ4n) is 2.65. The van der Waals surface area contributed by atoms with E-state index in [1.165, 1.54) is 30.5 Å². The number of aryl methyl sites for hydroxylation is 1. The van der Waals surface area contributed by atoms with Crippen molar-refractivity contribution in [3.63, 3.8) is 0 Å². The number of hydrogen-bond donors (Lipinski definition) is 1. The predicted molar refractivity (Wildman–Crippen MR) is 71.4 cm³/mol. The molecule has 102 valence electrons. The number of fused-ring (bicyclic) bond motifs is 1. The lowest BCUT2D eigenvalue weighted by Crippen LogP contribution is -2.21. The molecule has 0 atom stereocenters. The van der Waals surface area contributed by atoms with Crippen molar-refractivity contribution in [2.24, 2.45) is 0 Å². The molecule has 4 nitrogen and oxygen atoms in total. The molecule has 5 heteroatoms. The van der Waals surface area contributed by atoms with E-state index in [1.54, 1.807) is 0 Å². The first-order valence-corrected chi connectivity index (χ1v) is 6.33. The Morgan fingerprint density at radius 2 is 1.95 bits per heavy atom. The van der Waals surface area contributed by atoms with Crippen LogP contribution in [-0.2, 0) is 13.0 Å². The Bertz CT molecular complexity index is 747. The van der Waals surface area contributed by atoms with E-state index >= 15 is 0 Å². The fraction of sp³-hybridized carbons (Fsp3) is 0.200. The lowest BCUT2D eigenvalue weighted by molar-refractivity contribution is 0.0694. The van der Waals surface area contributed by atoms with E-state index in [0.29, 0.717) is 17.7 Å². The number of benzene rings is 1. The third-order valence-electron chi connectivity index (χ3n) is 3.57. The Kier molecular flexibility index (Phi) is 2.89. The molecule has 1 aliphatic heterocycles. The molecule has 0 saturated heterocycles. The van der Waals surface area contributed by atoms with Gasteiger partial charge in [0.25, 0.3) is 0 Å². The zero-order chi connectivity index (χ0) is 14.3. The van der Waals surface area contributed by atoms with Gasteiger partial charge in [0.1, 0.15) is 11.4 Å². The van der Waals surface area contributed by atoms with Gasteiger partial charge in [0, 0.05) is 24.0 Å². The molecule has 0 bridgehead atoms. The summed E-state index contributed by atoms with van der Waals surface area (Å²) in [5, 5.41) is 9.14. The predicted octanol–water partition coefficient (Wildman–Crippen LogP) is 2.30. The van der Waals surface area contributed by atoms with Crippen molar-refractivity contribution in [3.8, 4) is 11.1 Å². The smallest absolute Gasteiger partial charge is 0.341 e. The molecule has 1 aromatic carbocycles. The molecule has 20 heavy (non-hydrogen) atoms. The molecule has 0 aliphatic carbocycles. The summed E-state index contributed by atoms with van der Waals surface area (Å²) in [4.78, 5) is 23.6. The average Bonchev–Trinajstić information content (AvgIpc) is 2.87. The largest absolute Gasteiger partial charge is 0.477 e. The van der Waals surface area contributed by atoms with Crippen LogP contribution in [0.5, 0.6) is 0 Å². The number of hydrogen-bond acceptors (Lipinski definition) is 2. The zero-order valence-electron chi connectivity index (χ0n) is 10.6. The van der Waals surface area contributed by atoms with E-state index in [9.17, 15) is 14.0 Å². The van der Waals surface area contributed by atoms with Gasteiger partial charge in [-0.3, -0.25) is 4.79 Å². The standard InChI is InChI=1S/C15H12FNO3/c16-10-5-3-9(4-6-10)13-12-2-1-7-17(12)8-11(14(13)18)15(19)20/h3-6,8H,1-2,7H2,(H,19,20). The lowest BCUT2D eigenvalue weighted by atomic mass is 10.00. The highest BCUT2D eigenvalue weighted by molar-refractivity contribution is 5.89. The molecule has 0 radical (unpaired) electrons. The van der Waals surface area contributed by atoms with Crippen LogP contribution in [0.1, 0.15) is 22.5 Å². The molecule has 1 aromatic heterocycles. The number of nitrogens with zero attached hydrogens (tertiary/aromatic N) is 1. The van der Waals surface area contributed by atoms with Gasteiger partial charge in [-0.05, 0) is 30.5 Å². The Morgan fingerprint density at radius 3 is 2.60 bits per heavy atom. The van der Waals surface area contributed by atoms with Crippen LogP contribution in [0, 0.1) is 5.82 Å². The maximum atomic E-state index is 13.0. The van der Waals surface area contributed by atoms with E-state index in [2.05, 4.69) is 0 Å². The molecule has 0 saturated carbocycles. The van der Waals surface area contributed by atoms with Gasteiger partial charge in [-0.1, -0.05) is 12.1 Å². The van der Waals surface area contributed by atoms with Crippen LogP contribution < -0.4 is 5.43 Å². The highest BCUT2D eigenvalue weighted by Gasteiger charge is 2.23. The quantitative estimate of drug-likeness (QED) is 0.913. The van der Waals surface area contributed by atoms with Crippen LogP contribution in [0.2, 0.25) is 0 Å². The second-order valence-electron chi connectivity index (χ2n) is 4.80. The summed E-state index contributed by atoms with van der Waals surface area (Å²) in [6.45, 7) is 0.699. The summed E-state index contributed by atoms with van der Waals surface area (Å²) in [5.74, 6) is -1.62. The summed E-state index contributed by atoms with van der Waals surface area (Å²) in [7, 11) is 0. The first-order valence-electron chi connectivity index (χ1n) is 6.33. The number of carboxylic acid groups (broad SMARTS) is 1. The number of carboxylic acids is 1. The van der Waals surface area contributed by atoms with Crippen molar-refractivity contribution in [2.45, 2.75) is 19.4 Å². The van der Waals surface area contributed by atoms with Crippen LogP contribution in [0.25, 0.3) is 11.1 Å². The van der Waals surface area contributed by atoms with Crippen molar-refractivity contribution in [3.05, 3.63) is 57.8 Å². The lowest BCUT2D eigenvalue weighted by Gasteiger charge is -2.11. The summed E-state index contributed by atoms with van der Waals surface area (Å²) < 4.78 is 14.8. The van der Waals surface area contributed by atoms with Crippen LogP contribution in [-0.4, -0.2) is 15.6 Å². The van der Waals surface area contributed by atoms with Crippen LogP contribution in [0.3, 0.4) is 0 Å². The number of halogens is 1. The van der Waals surface area contributed by atoms with Gasteiger partial charge in [0.2, 0.25) is 5.43 Å². The topological polar surface area (TPSA) is 59.3 Å². The minimum atomic E-state index is -1.24. The molecule has 1 aliphatic rings. The summed E-state index contributed by atoms with van der Waals surface area (Å²) in [5.41, 5.74) is 1.02. The second kappa shape index (κ2) is 4.59. The first-order chi connectivity index (χ1) is 9.58. The minimum absolute atomic E-state index is 0.241. The maximum Gasteiger partial charge on any atom is 0.341 e. The van der Waals surface area contributed by atoms with Gasteiger partial charge in [0.05, 0.1) is 0 Å².